The molecule has 0 aliphatic rings. The van der Waals surface area contributed by atoms with E-state index in [0.29, 0.717) is 6.10 Å². The number of aromatic amines is 1. The summed E-state index contributed by atoms with van der Waals surface area (Å²) < 4.78 is 18.5. The Balaban J connectivity index is 1.68. The van der Waals surface area contributed by atoms with Crippen LogP contribution in [0.15, 0.2) is 18.2 Å². The predicted octanol–water partition coefficient (Wildman–Crippen LogP) is 2.65. The fourth-order valence-electron chi connectivity index (χ4n) is 2.00. The average Bonchev–Trinajstić information content (AvgIpc) is 2.79. The van der Waals surface area contributed by atoms with Gasteiger partial charge in [0.15, 0.2) is 0 Å². The van der Waals surface area contributed by atoms with Gasteiger partial charge in [-0.1, -0.05) is 0 Å². The molecule has 110 valence electrons. The molecule has 0 saturated heterocycles. The SMILES string of the molecule is CC(C)OCCCNCCc1nc2ccc(F)cc2[nH]1. The van der Waals surface area contributed by atoms with Gasteiger partial charge in [-0.25, -0.2) is 9.37 Å². The van der Waals surface area contributed by atoms with Gasteiger partial charge in [-0.3, -0.25) is 0 Å². The zero-order chi connectivity index (χ0) is 14.4. The summed E-state index contributed by atoms with van der Waals surface area (Å²) in [7, 11) is 0. The Morgan fingerprint density at radius 2 is 2.20 bits per heavy atom. The third-order valence-corrected chi connectivity index (χ3v) is 2.98. The van der Waals surface area contributed by atoms with Crippen LogP contribution in [0.1, 0.15) is 26.1 Å². The summed E-state index contributed by atoms with van der Waals surface area (Å²) in [5.41, 5.74) is 1.57. The Morgan fingerprint density at radius 1 is 1.35 bits per heavy atom. The minimum absolute atomic E-state index is 0.240. The van der Waals surface area contributed by atoms with Gasteiger partial charge in [0.05, 0.1) is 17.1 Å². The Kier molecular flexibility index (Phi) is 5.49. The van der Waals surface area contributed by atoms with E-state index in [0.717, 1.165) is 49.4 Å². The molecule has 4 nitrogen and oxygen atoms in total. The summed E-state index contributed by atoms with van der Waals surface area (Å²) in [6.07, 6.45) is 2.11. The van der Waals surface area contributed by atoms with Crippen molar-refractivity contribution in [3.05, 3.63) is 29.8 Å². The number of fused-ring (bicyclic) bond motifs is 1. The second kappa shape index (κ2) is 7.36. The Bertz CT molecular complexity index is 539. The molecule has 2 N–H and O–H groups in total. The second-order valence-electron chi connectivity index (χ2n) is 5.12. The zero-order valence-electron chi connectivity index (χ0n) is 12.1. The predicted molar refractivity (Wildman–Crippen MR) is 78.3 cm³/mol. The first-order valence-electron chi connectivity index (χ1n) is 7.11. The fraction of sp³-hybridized carbons (Fsp3) is 0.533. The number of hydrogen-bond acceptors (Lipinski definition) is 3. The topological polar surface area (TPSA) is 49.9 Å². The first-order valence-corrected chi connectivity index (χ1v) is 7.11. The van der Waals surface area contributed by atoms with Gasteiger partial charge in [0.2, 0.25) is 0 Å². The molecule has 20 heavy (non-hydrogen) atoms. The summed E-state index contributed by atoms with van der Waals surface area (Å²) >= 11 is 0. The van der Waals surface area contributed by atoms with Crippen LogP contribution in [-0.2, 0) is 11.2 Å². The number of halogens is 1. The van der Waals surface area contributed by atoms with Gasteiger partial charge in [0, 0.05) is 19.6 Å². The highest BCUT2D eigenvalue weighted by atomic mass is 19.1. The summed E-state index contributed by atoms with van der Waals surface area (Å²) in [5.74, 6) is 0.646. The summed E-state index contributed by atoms with van der Waals surface area (Å²) in [4.78, 5) is 7.56. The van der Waals surface area contributed by atoms with E-state index < -0.39 is 0 Å². The number of hydrogen-bond donors (Lipinski definition) is 2. The van der Waals surface area contributed by atoms with E-state index in [1.165, 1.54) is 12.1 Å². The number of rotatable bonds is 8. The Hall–Kier alpha value is -1.46. The second-order valence-corrected chi connectivity index (χ2v) is 5.12. The van der Waals surface area contributed by atoms with E-state index in [2.05, 4.69) is 15.3 Å². The van der Waals surface area contributed by atoms with Crippen molar-refractivity contribution in [3.63, 3.8) is 0 Å². The molecule has 0 aliphatic carbocycles. The molecule has 1 aromatic carbocycles. The largest absolute Gasteiger partial charge is 0.379 e. The maximum absolute atomic E-state index is 13.1. The van der Waals surface area contributed by atoms with Gasteiger partial charge >= 0.3 is 0 Å². The van der Waals surface area contributed by atoms with Crippen LogP contribution in [0.5, 0.6) is 0 Å². The molecule has 0 spiro atoms. The van der Waals surface area contributed by atoms with Crippen molar-refractivity contribution in [2.24, 2.45) is 0 Å². The molecule has 0 bridgehead atoms. The smallest absolute Gasteiger partial charge is 0.125 e. The number of imidazole rings is 1. The van der Waals surface area contributed by atoms with Crippen LogP contribution in [0.25, 0.3) is 11.0 Å². The minimum atomic E-state index is -0.240. The van der Waals surface area contributed by atoms with Crippen molar-refractivity contribution in [2.75, 3.05) is 19.7 Å². The van der Waals surface area contributed by atoms with Gasteiger partial charge in [0.25, 0.3) is 0 Å². The minimum Gasteiger partial charge on any atom is -0.379 e. The van der Waals surface area contributed by atoms with E-state index in [4.69, 9.17) is 4.74 Å². The van der Waals surface area contributed by atoms with E-state index in [1.807, 2.05) is 13.8 Å². The first-order chi connectivity index (χ1) is 9.65. The quantitative estimate of drug-likeness (QED) is 0.730. The van der Waals surface area contributed by atoms with Gasteiger partial charge < -0.3 is 15.0 Å². The number of nitrogens with one attached hydrogen (secondary N) is 2. The lowest BCUT2D eigenvalue weighted by molar-refractivity contribution is 0.0771. The summed E-state index contributed by atoms with van der Waals surface area (Å²) in [5, 5.41) is 3.35. The summed E-state index contributed by atoms with van der Waals surface area (Å²) in [6.45, 7) is 6.65. The molecule has 0 aliphatic heterocycles. The molecule has 1 aromatic heterocycles. The van der Waals surface area contributed by atoms with Crippen molar-refractivity contribution >= 4 is 11.0 Å². The normalized spacial score (nSPS) is 11.6. The molecule has 1 heterocycles. The Morgan fingerprint density at radius 3 is 3.00 bits per heavy atom. The van der Waals surface area contributed by atoms with E-state index >= 15 is 0 Å². The van der Waals surface area contributed by atoms with Crippen LogP contribution in [0.4, 0.5) is 4.39 Å². The van der Waals surface area contributed by atoms with E-state index in [-0.39, 0.29) is 5.82 Å². The van der Waals surface area contributed by atoms with Crippen LogP contribution in [0, 0.1) is 5.82 Å². The van der Waals surface area contributed by atoms with Crippen LogP contribution in [-0.4, -0.2) is 35.8 Å². The van der Waals surface area contributed by atoms with Crippen LogP contribution in [0.3, 0.4) is 0 Å². The van der Waals surface area contributed by atoms with Gasteiger partial charge in [0.1, 0.15) is 11.6 Å². The van der Waals surface area contributed by atoms with Gasteiger partial charge in [-0.2, -0.15) is 0 Å². The number of nitrogens with zero attached hydrogens (tertiary/aromatic N) is 1. The van der Waals surface area contributed by atoms with Crippen LogP contribution >= 0.6 is 0 Å². The van der Waals surface area contributed by atoms with Crippen molar-refractivity contribution in [1.29, 1.82) is 0 Å². The molecule has 0 amide bonds. The maximum Gasteiger partial charge on any atom is 0.125 e. The molecule has 2 rings (SSSR count). The lowest BCUT2D eigenvalue weighted by atomic mass is 10.3. The molecule has 0 atom stereocenters. The molecular formula is C15H22FN3O. The highest BCUT2D eigenvalue weighted by molar-refractivity contribution is 5.74. The average molecular weight is 279 g/mol. The van der Waals surface area contributed by atoms with Gasteiger partial charge in [-0.15, -0.1) is 0 Å². The molecule has 2 aromatic rings. The lowest BCUT2D eigenvalue weighted by Gasteiger charge is -2.07. The fourth-order valence-corrected chi connectivity index (χ4v) is 2.00. The molecule has 5 heteroatoms. The lowest BCUT2D eigenvalue weighted by Crippen LogP contribution is -2.20. The molecule has 0 unspecified atom stereocenters. The number of aromatic nitrogens is 2. The highest BCUT2D eigenvalue weighted by Gasteiger charge is 2.03. The first kappa shape index (κ1) is 14.9. The zero-order valence-corrected chi connectivity index (χ0v) is 12.1. The standard InChI is InChI=1S/C15H22FN3O/c1-11(2)20-9-3-7-17-8-6-15-18-13-5-4-12(16)10-14(13)19-15/h4-5,10-11,17H,3,6-9H2,1-2H3,(H,18,19). The molecule has 0 fully saturated rings. The van der Waals surface area contributed by atoms with E-state index in [9.17, 15) is 4.39 Å². The van der Waals surface area contributed by atoms with Gasteiger partial charge in [-0.05, 0) is 45.0 Å². The third kappa shape index (κ3) is 4.58. The molecule has 0 radical (unpaired) electrons. The molecule has 0 saturated carbocycles. The van der Waals surface area contributed by atoms with E-state index in [1.54, 1.807) is 6.07 Å². The summed E-state index contributed by atoms with van der Waals surface area (Å²) in [6, 6.07) is 4.60. The third-order valence-electron chi connectivity index (χ3n) is 2.98. The van der Waals surface area contributed by atoms with Crippen molar-refractivity contribution in [1.82, 2.24) is 15.3 Å². The van der Waals surface area contributed by atoms with Crippen molar-refractivity contribution in [2.45, 2.75) is 32.8 Å². The van der Waals surface area contributed by atoms with Crippen molar-refractivity contribution in [3.8, 4) is 0 Å². The van der Waals surface area contributed by atoms with Crippen LogP contribution in [0.2, 0.25) is 0 Å². The maximum atomic E-state index is 13.1. The monoisotopic (exact) mass is 279 g/mol. The highest BCUT2D eigenvalue weighted by Crippen LogP contribution is 2.12. The number of ether oxygens (including phenoxy) is 1. The Labute approximate surface area is 118 Å². The van der Waals surface area contributed by atoms with Crippen LogP contribution < -0.4 is 5.32 Å². The molecular weight excluding hydrogens is 257 g/mol. The number of H-pyrrole nitrogens is 1. The van der Waals surface area contributed by atoms with Crippen molar-refractivity contribution < 1.29 is 9.13 Å². The number of benzene rings is 1.